The van der Waals surface area contributed by atoms with Crippen molar-refractivity contribution in [3.8, 4) is 28.7 Å². The summed E-state index contributed by atoms with van der Waals surface area (Å²) in [7, 11) is 0. The molecule has 0 aliphatic heterocycles. The third-order valence-electron chi connectivity index (χ3n) is 3.81. The third kappa shape index (κ3) is 3.61. The molecule has 26 heavy (non-hydrogen) atoms. The predicted molar refractivity (Wildman–Crippen MR) is 105 cm³/mol. The summed E-state index contributed by atoms with van der Waals surface area (Å²) in [6.07, 6.45) is 0. The van der Waals surface area contributed by atoms with E-state index in [1.807, 2.05) is 6.07 Å². The second-order valence-electron chi connectivity index (χ2n) is 5.43. The minimum absolute atomic E-state index is 0.0323. The van der Waals surface area contributed by atoms with Crippen LogP contribution in [0.3, 0.4) is 0 Å². The molecule has 0 bridgehead atoms. The first kappa shape index (κ1) is 18.5. The highest BCUT2D eigenvalue weighted by molar-refractivity contribution is 6.30. The standard InChI is InChI=1S/C19H12Cl3N3O/c20-9-10-25-18(13-3-7-15(22)8-4-13)24-17(16(11-23)19(25)26)12-1-5-14(21)6-2-12/h1-8H,9-10H2. The van der Waals surface area contributed by atoms with Gasteiger partial charge in [0.2, 0.25) is 0 Å². The van der Waals surface area contributed by atoms with E-state index in [1.165, 1.54) is 4.57 Å². The van der Waals surface area contributed by atoms with Crippen molar-refractivity contribution in [1.29, 1.82) is 5.26 Å². The maximum atomic E-state index is 12.9. The highest BCUT2D eigenvalue weighted by Crippen LogP contribution is 2.26. The Morgan fingerprint density at radius 3 is 2.00 bits per heavy atom. The van der Waals surface area contributed by atoms with Crippen molar-refractivity contribution < 1.29 is 0 Å². The Bertz CT molecular complexity index is 1040. The minimum Gasteiger partial charge on any atom is -0.290 e. The van der Waals surface area contributed by atoms with E-state index in [4.69, 9.17) is 34.8 Å². The number of hydrogen-bond acceptors (Lipinski definition) is 3. The molecule has 0 unspecified atom stereocenters. The zero-order valence-corrected chi connectivity index (χ0v) is 15.7. The topological polar surface area (TPSA) is 58.7 Å². The average molecular weight is 405 g/mol. The van der Waals surface area contributed by atoms with Crippen molar-refractivity contribution >= 4 is 34.8 Å². The molecule has 0 aliphatic rings. The van der Waals surface area contributed by atoms with Gasteiger partial charge in [-0.15, -0.1) is 11.6 Å². The molecule has 3 aromatic rings. The summed E-state index contributed by atoms with van der Waals surface area (Å²) in [5, 5.41) is 10.7. The first-order valence-corrected chi connectivity index (χ1v) is 8.97. The number of halogens is 3. The molecule has 7 heteroatoms. The molecule has 1 heterocycles. The van der Waals surface area contributed by atoms with Gasteiger partial charge < -0.3 is 0 Å². The van der Waals surface area contributed by atoms with Crippen LogP contribution >= 0.6 is 34.8 Å². The quantitative estimate of drug-likeness (QED) is 0.575. The fraction of sp³-hybridized carbons (Fsp3) is 0.105. The van der Waals surface area contributed by atoms with Gasteiger partial charge in [-0.25, -0.2) is 4.98 Å². The predicted octanol–water partition coefficient (Wildman–Crippen LogP) is 4.99. The maximum absolute atomic E-state index is 12.9. The number of hydrogen-bond donors (Lipinski definition) is 0. The molecule has 1 aromatic heterocycles. The zero-order valence-electron chi connectivity index (χ0n) is 13.4. The van der Waals surface area contributed by atoms with Crippen LogP contribution in [0, 0.1) is 11.3 Å². The summed E-state index contributed by atoms with van der Waals surface area (Å²) in [6.45, 7) is 0.237. The van der Waals surface area contributed by atoms with Crippen LogP contribution in [0.25, 0.3) is 22.6 Å². The van der Waals surface area contributed by atoms with Crippen molar-refractivity contribution in [3.63, 3.8) is 0 Å². The van der Waals surface area contributed by atoms with E-state index in [-0.39, 0.29) is 18.0 Å². The third-order valence-corrected chi connectivity index (χ3v) is 4.48. The van der Waals surface area contributed by atoms with Crippen LogP contribution in [0.15, 0.2) is 53.3 Å². The van der Waals surface area contributed by atoms with E-state index >= 15 is 0 Å². The van der Waals surface area contributed by atoms with Crippen LogP contribution in [0.5, 0.6) is 0 Å². The summed E-state index contributed by atoms with van der Waals surface area (Å²) in [4.78, 5) is 17.5. The second-order valence-corrected chi connectivity index (χ2v) is 6.68. The van der Waals surface area contributed by atoms with E-state index in [1.54, 1.807) is 48.5 Å². The number of aromatic nitrogens is 2. The zero-order chi connectivity index (χ0) is 18.7. The Kier molecular flexibility index (Phi) is 5.63. The van der Waals surface area contributed by atoms with Crippen LogP contribution in [0.2, 0.25) is 10.0 Å². The van der Waals surface area contributed by atoms with Gasteiger partial charge in [0.25, 0.3) is 5.56 Å². The molecule has 2 aromatic carbocycles. The number of nitriles is 1. The first-order valence-electron chi connectivity index (χ1n) is 7.68. The fourth-order valence-electron chi connectivity index (χ4n) is 2.58. The largest absolute Gasteiger partial charge is 0.290 e. The van der Waals surface area contributed by atoms with Gasteiger partial charge in [0.1, 0.15) is 17.5 Å². The Balaban J connectivity index is 2.32. The second kappa shape index (κ2) is 7.92. The lowest BCUT2D eigenvalue weighted by Gasteiger charge is -2.14. The monoisotopic (exact) mass is 403 g/mol. The molecular formula is C19H12Cl3N3O. The van der Waals surface area contributed by atoms with E-state index in [0.717, 1.165) is 0 Å². The number of alkyl halides is 1. The van der Waals surface area contributed by atoms with Gasteiger partial charge in [0, 0.05) is 33.6 Å². The van der Waals surface area contributed by atoms with E-state index < -0.39 is 5.56 Å². The molecule has 3 rings (SSSR count). The number of nitrogens with zero attached hydrogens (tertiary/aromatic N) is 3. The van der Waals surface area contributed by atoms with Crippen LogP contribution in [0.4, 0.5) is 0 Å². The molecule has 0 atom stereocenters. The van der Waals surface area contributed by atoms with Gasteiger partial charge in [-0.3, -0.25) is 9.36 Å². The Hall–Kier alpha value is -2.32. The van der Waals surface area contributed by atoms with Crippen LogP contribution in [0.1, 0.15) is 5.56 Å². The molecule has 0 aliphatic carbocycles. The highest BCUT2D eigenvalue weighted by Gasteiger charge is 2.18. The molecule has 0 amide bonds. The molecule has 0 spiro atoms. The number of rotatable bonds is 4. The molecular weight excluding hydrogens is 393 g/mol. The Labute approximate surface area is 165 Å². The first-order chi connectivity index (χ1) is 12.5. The lowest BCUT2D eigenvalue weighted by molar-refractivity contribution is 0.721. The van der Waals surface area contributed by atoms with Crippen molar-refractivity contribution in [2.45, 2.75) is 6.54 Å². The Morgan fingerprint density at radius 1 is 0.962 bits per heavy atom. The SMILES string of the molecule is N#Cc1c(-c2ccc(Cl)cc2)nc(-c2ccc(Cl)cc2)n(CCCl)c1=O. The smallest absolute Gasteiger partial charge is 0.272 e. The van der Waals surface area contributed by atoms with Crippen molar-refractivity contribution in [2.75, 3.05) is 5.88 Å². The summed E-state index contributed by atoms with van der Waals surface area (Å²) >= 11 is 17.7. The van der Waals surface area contributed by atoms with Gasteiger partial charge in [0.15, 0.2) is 0 Å². The normalized spacial score (nSPS) is 10.5. The van der Waals surface area contributed by atoms with Gasteiger partial charge in [-0.05, 0) is 36.4 Å². The van der Waals surface area contributed by atoms with E-state index in [2.05, 4.69) is 4.98 Å². The lowest BCUT2D eigenvalue weighted by Crippen LogP contribution is -2.27. The molecule has 0 N–H and O–H groups in total. The average Bonchev–Trinajstić information content (AvgIpc) is 2.65. The molecule has 0 fully saturated rings. The van der Waals surface area contributed by atoms with E-state index in [0.29, 0.717) is 32.7 Å². The van der Waals surface area contributed by atoms with Gasteiger partial charge in [-0.1, -0.05) is 35.3 Å². The molecule has 4 nitrogen and oxygen atoms in total. The summed E-state index contributed by atoms with van der Waals surface area (Å²) < 4.78 is 1.41. The van der Waals surface area contributed by atoms with Crippen LogP contribution in [-0.2, 0) is 6.54 Å². The van der Waals surface area contributed by atoms with Gasteiger partial charge in [-0.2, -0.15) is 5.26 Å². The molecule has 0 saturated heterocycles. The fourth-order valence-corrected chi connectivity index (χ4v) is 3.00. The Morgan fingerprint density at radius 2 is 1.50 bits per heavy atom. The maximum Gasteiger partial charge on any atom is 0.272 e. The molecule has 0 saturated carbocycles. The van der Waals surface area contributed by atoms with E-state index in [9.17, 15) is 10.1 Å². The van der Waals surface area contributed by atoms with Crippen molar-refractivity contribution in [2.24, 2.45) is 0 Å². The van der Waals surface area contributed by atoms with Crippen LogP contribution in [-0.4, -0.2) is 15.4 Å². The minimum atomic E-state index is -0.432. The van der Waals surface area contributed by atoms with Crippen molar-refractivity contribution in [3.05, 3.63) is 74.5 Å². The van der Waals surface area contributed by atoms with Gasteiger partial charge in [0.05, 0.1) is 5.69 Å². The lowest BCUT2D eigenvalue weighted by atomic mass is 10.1. The molecule has 130 valence electrons. The summed E-state index contributed by atoms with van der Waals surface area (Å²) in [5.74, 6) is 0.643. The highest BCUT2D eigenvalue weighted by atomic mass is 35.5. The van der Waals surface area contributed by atoms with Gasteiger partial charge >= 0.3 is 0 Å². The van der Waals surface area contributed by atoms with Crippen LogP contribution < -0.4 is 5.56 Å². The number of benzene rings is 2. The molecule has 0 radical (unpaired) electrons. The summed E-state index contributed by atoms with van der Waals surface area (Å²) in [6, 6.07) is 15.8. The van der Waals surface area contributed by atoms with Crippen molar-refractivity contribution in [1.82, 2.24) is 9.55 Å². The summed E-state index contributed by atoms with van der Waals surface area (Å²) in [5.41, 5.74) is 1.19.